The predicted octanol–water partition coefficient (Wildman–Crippen LogP) is 0.887. The molecule has 0 amide bonds. The van der Waals surface area contributed by atoms with Gasteiger partial charge in [-0.2, -0.15) is 0 Å². The molecule has 2 nitrogen and oxygen atoms in total. The Labute approximate surface area is 63.7 Å². The van der Waals surface area contributed by atoms with E-state index in [0.717, 1.165) is 12.3 Å². The fourth-order valence-electron chi connectivity index (χ4n) is 0.674. The third-order valence-corrected chi connectivity index (χ3v) is 1.20. The lowest BCUT2D eigenvalue weighted by molar-refractivity contribution is 0.237. The van der Waals surface area contributed by atoms with Crippen LogP contribution >= 0.6 is 0 Å². The summed E-state index contributed by atoms with van der Waals surface area (Å²) in [5.41, 5.74) is 0.299. The van der Waals surface area contributed by atoms with E-state index >= 15 is 0 Å². The summed E-state index contributed by atoms with van der Waals surface area (Å²) in [5, 5.41) is 9.01. The largest absolute Gasteiger partial charge is 0.376 e. The molecule has 0 aliphatic rings. The number of rotatable bonds is 1. The van der Waals surface area contributed by atoms with Gasteiger partial charge in [-0.15, -0.1) is 6.42 Å². The van der Waals surface area contributed by atoms with E-state index in [-0.39, 0.29) is 0 Å². The highest BCUT2D eigenvalue weighted by molar-refractivity contribution is 5.20. The number of pyridine rings is 1. The minimum atomic E-state index is -1.07. The van der Waals surface area contributed by atoms with Crippen LogP contribution in [-0.2, 0) is 0 Å². The van der Waals surface area contributed by atoms with Gasteiger partial charge in [0.2, 0.25) is 0 Å². The zero-order valence-corrected chi connectivity index (χ0v) is 5.66. The fourth-order valence-corrected chi connectivity index (χ4v) is 0.674. The van der Waals surface area contributed by atoms with Crippen LogP contribution < -0.4 is 0 Å². The van der Waals surface area contributed by atoms with E-state index in [9.17, 15) is 4.39 Å². The van der Waals surface area contributed by atoms with Gasteiger partial charge in [0.05, 0.1) is 6.20 Å². The molecule has 0 bridgehead atoms. The van der Waals surface area contributed by atoms with Crippen LogP contribution in [0.1, 0.15) is 11.7 Å². The smallest absolute Gasteiger partial charge is 0.141 e. The molecule has 1 N–H and O–H groups in total. The van der Waals surface area contributed by atoms with Crippen LogP contribution in [0, 0.1) is 18.2 Å². The zero-order chi connectivity index (χ0) is 8.27. The lowest BCUT2D eigenvalue weighted by Crippen LogP contribution is -1.94. The number of aliphatic hydroxyl groups is 1. The first-order valence-corrected chi connectivity index (χ1v) is 2.98. The second kappa shape index (κ2) is 3.13. The van der Waals surface area contributed by atoms with Crippen molar-refractivity contribution in [3.8, 4) is 12.3 Å². The van der Waals surface area contributed by atoms with E-state index in [2.05, 4.69) is 10.9 Å². The van der Waals surface area contributed by atoms with Gasteiger partial charge in [-0.05, 0) is 6.07 Å². The van der Waals surface area contributed by atoms with Gasteiger partial charge in [0.25, 0.3) is 0 Å². The Morgan fingerprint density at radius 2 is 2.36 bits per heavy atom. The van der Waals surface area contributed by atoms with Gasteiger partial charge in [0.1, 0.15) is 11.9 Å². The van der Waals surface area contributed by atoms with E-state index in [1.54, 1.807) is 0 Å². The molecule has 1 heterocycles. The average molecular weight is 151 g/mol. The first-order chi connectivity index (χ1) is 5.24. The fraction of sp³-hybridized carbons (Fsp3) is 0.125. The van der Waals surface area contributed by atoms with E-state index in [1.165, 1.54) is 6.20 Å². The molecule has 0 radical (unpaired) electrons. The van der Waals surface area contributed by atoms with Crippen LogP contribution in [0.4, 0.5) is 4.39 Å². The summed E-state index contributed by atoms with van der Waals surface area (Å²) in [6, 6.07) is 1.15. The number of terminal acetylenes is 1. The van der Waals surface area contributed by atoms with Gasteiger partial charge in [-0.25, -0.2) is 4.39 Å². The van der Waals surface area contributed by atoms with Gasteiger partial charge in [-0.3, -0.25) is 4.98 Å². The molecule has 3 heteroatoms. The zero-order valence-electron chi connectivity index (χ0n) is 5.66. The average Bonchev–Trinajstić information content (AvgIpc) is 2.03. The van der Waals surface area contributed by atoms with Crippen molar-refractivity contribution in [2.24, 2.45) is 0 Å². The Bertz CT molecular complexity index is 292. The molecule has 1 unspecified atom stereocenters. The molecule has 0 spiro atoms. The molecule has 0 aliphatic heterocycles. The number of hydrogen-bond donors (Lipinski definition) is 1. The maximum atomic E-state index is 12.4. The number of hydrogen-bond acceptors (Lipinski definition) is 2. The monoisotopic (exact) mass is 151 g/mol. The van der Waals surface area contributed by atoms with Gasteiger partial charge >= 0.3 is 0 Å². The molecule has 11 heavy (non-hydrogen) atoms. The summed E-state index contributed by atoms with van der Waals surface area (Å²) in [7, 11) is 0. The maximum Gasteiger partial charge on any atom is 0.141 e. The van der Waals surface area contributed by atoms with Gasteiger partial charge in [0, 0.05) is 11.8 Å². The Morgan fingerprint density at radius 1 is 1.64 bits per heavy atom. The lowest BCUT2D eigenvalue weighted by Gasteiger charge is -2.00. The molecular weight excluding hydrogens is 145 g/mol. The Balaban J connectivity index is 2.98. The number of aliphatic hydroxyl groups excluding tert-OH is 1. The molecule has 1 aromatic rings. The SMILES string of the molecule is C#CC(O)c1cncc(F)c1. The van der Waals surface area contributed by atoms with Crippen molar-refractivity contribution in [3.05, 3.63) is 29.8 Å². The Morgan fingerprint density at radius 3 is 2.91 bits per heavy atom. The molecule has 0 aliphatic carbocycles. The first-order valence-electron chi connectivity index (χ1n) is 2.98. The van der Waals surface area contributed by atoms with Crippen LogP contribution in [0.3, 0.4) is 0 Å². The standard InChI is InChI=1S/C8H6FNO/c1-2-8(11)6-3-7(9)5-10-4-6/h1,3-5,8,11H. The van der Waals surface area contributed by atoms with Crippen LogP contribution in [0.5, 0.6) is 0 Å². The number of halogens is 1. The highest BCUT2D eigenvalue weighted by Gasteiger charge is 2.03. The van der Waals surface area contributed by atoms with Crippen LogP contribution in [-0.4, -0.2) is 10.1 Å². The molecule has 1 atom stereocenters. The minimum absolute atomic E-state index is 0.299. The third kappa shape index (κ3) is 1.76. The van der Waals surface area contributed by atoms with Gasteiger partial charge < -0.3 is 5.11 Å². The molecule has 0 saturated heterocycles. The maximum absolute atomic E-state index is 12.4. The Hall–Kier alpha value is -1.40. The van der Waals surface area contributed by atoms with Gasteiger partial charge in [0.15, 0.2) is 0 Å². The minimum Gasteiger partial charge on any atom is -0.376 e. The molecular formula is C8H6FNO. The molecule has 1 rings (SSSR count). The highest BCUT2D eigenvalue weighted by Crippen LogP contribution is 2.10. The van der Waals surface area contributed by atoms with Crippen LogP contribution in [0.15, 0.2) is 18.5 Å². The first kappa shape index (κ1) is 7.70. The van der Waals surface area contributed by atoms with E-state index in [1.807, 2.05) is 0 Å². The van der Waals surface area contributed by atoms with Crippen molar-refractivity contribution in [2.75, 3.05) is 0 Å². The van der Waals surface area contributed by atoms with E-state index in [0.29, 0.717) is 5.56 Å². The van der Waals surface area contributed by atoms with Crippen LogP contribution in [0.25, 0.3) is 0 Å². The number of nitrogens with zero attached hydrogens (tertiary/aromatic N) is 1. The van der Waals surface area contributed by atoms with Crippen molar-refractivity contribution in [2.45, 2.75) is 6.10 Å². The third-order valence-electron chi connectivity index (χ3n) is 1.20. The van der Waals surface area contributed by atoms with Crippen molar-refractivity contribution < 1.29 is 9.50 Å². The summed E-state index contributed by atoms with van der Waals surface area (Å²) in [4.78, 5) is 3.52. The summed E-state index contributed by atoms with van der Waals surface area (Å²) in [6.45, 7) is 0. The molecule has 0 aromatic carbocycles. The second-order valence-corrected chi connectivity index (χ2v) is 2.01. The summed E-state index contributed by atoms with van der Waals surface area (Å²) in [6.07, 6.45) is 6.21. The predicted molar refractivity (Wildman–Crippen MR) is 38.0 cm³/mol. The molecule has 0 fully saturated rings. The topological polar surface area (TPSA) is 33.1 Å². The van der Waals surface area contributed by atoms with Crippen molar-refractivity contribution in [1.29, 1.82) is 0 Å². The molecule has 56 valence electrons. The quantitative estimate of drug-likeness (QED) is 0.604. The highest BCUT2D eigenvalue weighted by atomic mass is 19.1. The number of aromatic nitrogens is 1. The van der Waals surface area contributed by atoms with Crippen LogP contribution in [0.2, 0.25) is 0 Å². The van der Waals surface area contributed by atoms with E-state index < -0.39 is 11.9 Å². The normalized spacial score (nSPS) is 12.1. The molecule has 0 saturated carbocycles. The summed E-state index contributed by atoms with van der Waals surface area (Å²) >= 11 is 0. The summed E-state index contributed by atoms with van der Waals surface area (Å²) in [5.74, 6) is 1.55. The summed E-state index contributed by atoms with van der Waals surface area (Å²) < 4.78 is 12.4. The van der Waals surface area contributed by atoms with Crippen molar-refractivity contribution in [1.82, 2.24) is 4.98 Å². The molecule has 1 aromatic heterocycles. The van der Waals surface area contributed by atoms with Crippen molar-refractivity contribution >= 4 is 0 Å². The second-order valence-electron chi connectivity index (χ2n) is 2.01. The van der Waals surface area contributed by atoms with Crippen molar-refractivity contribution in [3.63, 3.8) is 0 Å². The lowest BCUT2D eigenvalue weighted by atomic mass is 10.2. The van der Waals surface area contributed by atoms with E-state index in [4.69, 9.17) is 11.5 Å². The Kier molecular flexibility index (Phi) is 2.19. The van der Waals surface area contributed by atoms with Gasteiger partial charge in [-0.1, -0.05) is 5.92 Å².